The molecule has 0 saturated heterocycles. The minimum Gasteiger partial charge on any atom is -0.121 e. The quantitative estimate of drug-likeness (QED) is 0.654. The molecule has 0 radical (unpaired) electrons. The number of benzene rings is 2. The molecule has 2 aromatic rings. The predicted molar refractivity (Wildman–Crippen MR) is 87.9 cm³/mol. The maximum Gasteiger partial charge on any atom is 0.0238 e. The van der Waals surface area contributed by atoms with Crippen LogP contribution in [0.1, 0.15) is 23.1 Å². The van der Waals surface area contributed by atoms with Gasteiger partial charge in [-0.2, -0.15) is 0 Å². The molecule has 0 N–H and O–H groups in total. The summed E-state index contributed by atoms with van der Waals surface area (Å²) in [5, 5.41) is 1.01. The Hall–Kier alpha value is -0.990. The van der Waals surface area contributed by atoms with Gasteiger partial charge in [0.05, 0.1) is 0 Å². The molecule has 1 aliphatic heterocycles. The first-order chi connectivity index (χ1) is 9.40. The fourth-order valence-corrected chi connectivity index (χ4v) is 3.74. The van der Waals surface area contributed by atoms with E-state index in [1.807, 2.05) is 11.8 Å². The summed E-state index contributed by atoms with van der Waals surface area (Å²) in [6, 6.07) is 17.5. The van der Waals surface area contributed by atoms with Gasteiger partial charge >= 0.3 is 0 Å². The molecule has 0 aliphatic carbocycles. The first-order valence-electron chi connectivity index (χ1n) is 6.47. The normalized spacial score (nSPS) is 15.7. The van der Waals surface area contributed by atoms with E-state index in [1.54, 1.807) is 0 Å². The number of halogens is 1. The Bertz CT molecular complexity index is 567. The molecule has 19 heavy (non-hydrogen) atoms. The molecule has 3 rings (SSSR count). The molecule has 2 aromatic carbocycles. The molecule has 2 heteroatoms. The second-order valence-electron chi connectivity index (χ2n) is 4.54. The van der Waals surface area contributed by atoms with Gasteiger partial charge in [-0.25, -0.2) is 0 Å². The van der Waals surface area contributed by atoms with Crippen LogP contribution in [-0.4, -0.2) is 5.33 Å². The first-order valence-corrected chi connectivity index (χ1v) is 8.57. The van der Waals surface area contributed by atoms with E-state index in [4.69, 9.17) is 0 Å². The van der Waals surface area contributed by atoms with E-state index in [-0.39, 0.29) is 0 Å². The number of hydrogen-bond acceptors (Lipinski definition) is 1. The van der Waals surface area contributed by atoms with Gasteiger partial charge in [0.1, 0.15) is 0 Å². The van der Waals surface area contributed by atoms with E-state index < -0.39 is 0 Å². The molecule has 1 aliphatic rings. The van der Waals surface area contributed by atoms with Crippen LogP contribution in [0.5, 0.6) is 0 Å². The number of hydrogen-bond donors (Lipinski definition) is 0. The zero-order chi connectivity index (χ0) is 13.1. The van der Waals surface area contributed by atoms with Crippen molar-refractivity contribution in [1.29, 1.82) is 0 Å². The van der Waals surface area contributed by atoms with Crippen molar-refractivity contribution in [1.82, 2.24) is 0 Å². The SMILES string of the molecule is BrCCC=C1c2ccccc2CSc2ccccc21. The van der Waals surface area contributed by atoms with Gasteiger partial charge in [0, 0.05) is 16.0 Å². The zero-order valence-electron chi connectivity index (χ0n) is 10.6. The van der Waals surface area contributed by atoms with Crippen LogP contribution in [0.2, 0.25) is 0 Å². The molecule has 96 valence electrons. The lowest BCUT2D eigenvalue weighted by molar-refractivity contribution is 1.25. The van der Waals surface area contributed by atoms with Gasteiger partial charge in [0.2, 0.25) is 0 Å². The van der Waals surface area contributed by atoms with Crippen LogP contribution in [0.3, 0.4) is 0 Å². The number of rotatable bonds is 2. The van der Waals surface area contributed by atoms with Crippen LogP contribution in [0.4, 0.5) is 0 Å². The second-order valence-corrected chi connectivity index (χ2v) is 6.35. The summed E-state index contributed by atoms with van der Waals surface area (Å²) < 4.78 is 0. The zero-order valence-corrected chi connectivity index (χ0v) is 13.0. The molecule has 0 atom stereocenters. The monoisotopic (exact) mass is 330 g/mol. The van der Waals surface area contributed by atoms with Crippen molar-refractivity contribution in [2.24, 2.45) is 0 Å². The smallest absolute Gasteiger partial charge is 0.0238 e. The van der Waals surface area contributed by atoms with Crippen LogP contribution in [0.15, 0.2) is 59.5 Å². The van der Waals surface area contributed by atoms with Crippen molar-refractivity contribution in [2.75, 3.05) is 5.33 Å². The van der Waals surface area contributed by atoms with Crippen LogP contribution in [-0.2, 0) is 5.75 Å². The van der Waals surface area contributed by atoms with E-state index in [9.17, 15) is 0 Å². The third-order valence-electron chi connectivity index (χ3n) is 3.33. The summed E-state index contributed by atoms with van der Waals surface area (Å²) in [5.41, 5.74) is 5.58. The van der Waals surface area contributed by atoms with Crippen molar-refractivity contribution in [3.05, 3.63) is 71.3 Å². The summed E-state index contributed by atoms with van der Waals surface area (Å²) in [7, 11) is 0. The third-order valence-corrected chi connectivity index (χ3v) is 4.91. The van der Waals surface area contributed by atoms with Crippen LogP contribution in [0, 0.1) is 0 Å². The Morgan fingerprint density at radius 2 is 1.74 bits per heavy atom. The van der Waals surface area contributed by atoms with Crippen molar-refractivity contribution >= 4 is 33.3 Å². The lowest BCUT2D eigenvalue weighted by atomic mass is 9.94. The van der Waals surface area contributed by atoms with Crippen molar-refractivity contribution in [3.63, 3.8) is 0 Å². The molecule has 0 aromatic heterocycles. The van der Waals surface area contributed by atoms with Gasteiger partial charge in [-0.15, -0.1) is 11.8 Å². The summed E-state index contributed by atoms with van der Waals surface area (Å²) in [4.78, 5) is 1.39. The predicted octanol–water partition coefficient (Wildman–Crippen LogP) is 5.51. The van der Waals surface area contributed by atoms with Gasteiger partial charge < -0.3 is 0 Å². The number of fused-ring (bicyclic) bond motifs is 2. The Labute approximate surface area is 127 Å². The van der Waals surface area contributed by atoms with Crippen molar-refractivity contribution < 1.29 is 0 Å². The molecule has 0 nitrogen and oxygen atoms in total. The standard InChI is InChI=1S/C17H15BrS/c18-11-5-9-15-14-7-2-1-6-13(14)12-19-17-10-4-3-8-16(15)17/h1-4,6-10H,5,11-12H2. The number of alkyl halides is 1. The molecule has 0 bridgehead atoms. The van der Waals surface area contributed by atoms with Gasteiger partial charge in [0.15, 0.2) is 0 Å². The average Bonchev–Trinajstić information content (AvgIpc) is 2.62. The first kappa shape index (κ1) is 13.0. The van der Waals surface area contributed by atoms with Crippen molar-refractivity contribution in [2.45, 2.75) is 17.1 Å². The highest BCUT2D eigenvalue weighted by atomic mass is 79.9. The summed E-state index contributed by atoms with van der Waals surface area (Å²) in [6.45, 7) is 0. The molecule has 1 heterocycles. The topological polar surface area (TPSA) is 0 Å². The summed E-state index contributed by atoms with van der Waals surface area (Å²) in [6.07, 6.45) is 3.42. The fraction of sp³-hybridized carbons (Fsp3) is 0.176. The Kier molecular flexibility index (Phi) is 4.09. The lowest BCUT2D eigenvalue weighted by Gasteiger charge is -2.11. The molecule has 0 spiro atoms. The van der Waals surface area contributed by atoms with Gasteiger partial charge in [-0.1, -0.05) is 64.5 Å². The van der Waals surface area contributed by atoms with E-state index in [0.717, 1.165) is 17.5 Å². The molecular weight excluding hydrogens is 316 g/mol. The van der Waals surface area contributed by atoms with E-state index >= 15 is 0 Å². The highest BCUT2D eigenvalue weighted by Gasteiger charge is 2.17. The van der Waals surface area contributed by atoms with Crippen LogP contribution >= 0.6 is 27.7 Å². The maximum absolute atomic E-state index is 3.53. The maximum atomic E-state index is 3.53. The minimum absolute atomic E-state index is 1.01. The Morgan fingerprint density at radius 3 is 2.58 bits per heavy atom. The fourth-order valence-electron chi connectivity index (χ4n) is 2.44. The molecule has 0 amide bonds. The van der Waals surface area contributed by atoms with Gasteiger partial charge in [-0.05, 0) is 34.8 Å². The van der Waals surface area contributed by atoms with Gasteiger partial charge in [-0.3, -0.25) is 0 Å². The van der Waals surface area contributed by atoms with Crippen LogP contribution in [0.25, 0.3) is 5.57 Å². The van der Waals surface area contributed by atoms with Crippen molar-refractivity contribution in [3.8, 4) is 0 Å². The largest absolute Gasteiger partial charge is 0.121 e. The Morgan fingerprint density at radius 1 is 1.00 bits per heavy atom. The summed E-state index contributed by atoms with van der Waals surface area (Å²) in [5.74, 6) is 1.05. The minimum atomic E-state index is 1.01. The molecule has 0 saturated carbocycles. The third kappa shape index (κ3) is 2.65. The van der Waals surface area contributed by atoms with Gasteiger partial charge in [0.25, 0.3) is 0 Å². The highest BCUT2D eigenvalue weighted by molar-refractivity contribution is 9.09. The average molecular weight is 331 g/mol. The molecular formula is C17H15BrS. The highest BCUT2D eigenvalue weighted by Crippen LogP contribution is 2.39. The van der Waals surface area contributed by atoms with E-state index in [1.165, 1.54) is 27.2 Å². The van der Waals surface area contributed by atoms with E-state index in [2.05, 4.69) is 70.5 Å². The second kappa shape index (κ2) is 5.98. The molecule has 0 fully saturated rings. The number of allylic oxidation sites excluding steroid dienone is 1. The molecule has 0 unspecified atom stereocenters. The number of thioether (sulfide) groups is 1. The van der Waals surface area contributed by atoms with E-state index in [0.29, 0.717) is 0 Å². The lowest BCUT2D eigenvalue weighted by Crippen LogP contribution is -1.92. The van der Waals surface area contributed by atoms with Crippen LogP contribution < -0.4 is 0 Å². The summed E-state index contributed by atoms with van der Waals surface area (Å²) >= 11 is 5.46. The Balaban J connectivity index is 2.19.